The van der Waals surface area contributed by atoms with Gasteiger partial charge >= 0.3 is 6.18 Å². The highest BCUT2D eigenvalue weighted by molar-refractivity contribution is 5.80. The third-order valence-electron chi connectivity index (χ3n) is 7.65. The second-order valence-corrected chi connectivity index (χ2v) is 10.3. The Hall–Kier alpha value is -3.51. The van der Waals surface area contributed by atoms with Crippen molar-refractivity contribution in [3.63, 3.8) is 0 Å². The van der Waals surface area contributed by atoms with Crippen molar-refractivity contribution in [2.75, 3.05) is 49.5 Å². The van der Waals surface area contributed by atoms with Crippen LogP contribution in [0, 0.1) is 15.9 Å². The van der Waals surface area contributed by atoms with Crippen molar-refractivity contribution in [2.45, 2.75) is 44.0 Å². The van der Waals surface area contributed by atoms with E-state index in [9.17, 15) is 27.7 Å². The number of halogens is 4. The predicted octanol–water partition coefficient (Wildman–Crippen LogP) is 5.86. The van der Waals surface area contributed by atoms with Gasteiger partial charge in [0.15, 0.2) is 0 Å². The van der Waals surface area contributed by atoms with Gasteiger partial charge in [-0.15, -0.1) is 0 Å². The lowest BCUT2D eigenvalue weighted by Gasteiger charge is -2.36. The summed E-state index contributed by atoms with van der Waals surface area (Å²) in [5.74, 6) is 0.619. The Bertz CT molecular complexity index is 1340. The Morgan fingerprint density at radius 1 is 1.00 bits per heavy atom. The van der Waals surface area contributed by atoms with Crippen LogP contribution >= 0.6 is 0 Å². The highest BCUT2D eigenvalue weighted by Gasteiger charge is 2.33. The van der Waals surface area contributed by atoms with Gasteiger partial charge in [0.25, 0.3) is 5.69 Å². The standard InChI is InChI=1S/C28H31F4N5O3/c29-21-3-9-24-19(17-21)1-10-27(34-24)36-13-11-35(12-14-36)15-16-40-23-6-4-22(5-7-23)33-25-8-2-20(28(30,31)32)18-26(25)37(38)39/h1-3,8-10,17-18,22-23,33H,4-7,11-16H2. The van der Waals surface area contributed by atoms with Gasteiger partial charge in [-0.05, 0) is 68.1 Å². The topological polar surface area (TPSA) is 83.8 Å². The molecule has 1 aliphatic carbocycles. The maximum atomic E-state index is 13.4. The first-order valence-electron chi connectivity index (χ1n) is 13.4. The first kappa shape index (κ1) is 28.0. The second-order valence-electron chi connectivity index (χ2n) is 10.3. The number of fused-ring (bicyclic) bond motifs is 1. The van der Waals surface area contributed by atoms with Crippen LogP contribution in [0.2, 0.25) is 0 Å². The fourth-order valence-electron chi connectivity index (χ4n) is 5.39. The molecule has 12 heteroatoms. The van der Waals surface area contributed by atoms with Gasteiger partial charge in [-0.3, -0.25) is 15.0 Å². The number of alkyl halides is 3. The average molecular weight is 562 g/mol. The summed E-state index contributed by atoms with van der Waals surface area (Å²) in [5, 5.41) is 15.2. The summed E-state index contributed by atoms with van der Waals surface area (Å²) < 4.78 is 58.4. The number of anilines is 2. The van der Waals surface area contributed by atoms with Crippen molar-refractivity contribution in [3.8, 4) is 0 Å². The number of piperazine rings is 1. The van der Waals surface area contributed by atoms with Crippen LogP contribution < -0.4 is 10.2 Å². The Balaban J connectivity index is 1.03. The Kier molecular flexibility index (Phi) is 8.36. The molecule has 214 valence electrons. The molecular weight excluding hydrogens is 530 g/mol. The van der Waals surface area contributed by atoms with Crippen molar-refractivity contribution < 1.29 is 27.2 Å². The average Bonchev–Trinajstić information content (AvgIpc) is 2.93. The molecule has 3 aromatic rings. The first-order chi connectivity index (χ1) is 19.2. The minimum atomic E-state index is -4.64. The summed E-state index contributed by atoms with van der Waals surface area (Å²) in [6.45, 7) is 4.87. The third kappa shape index (κ3) is 6.79. The van der Waals surface area contributed by atoms with E-state index in [1.54, 1.807) is 6.07 Å². The third-order valence-corrected chi connectivity index (χ3v) is 7.65. The SMILES string of the molecule is O=[N+]([O-])c1cc(C(F)(F)F)ccc1NC1CCC(OCCN2CCN(c3ccc4cc(F)ccc4n3)CC2)CC1. The van der Waals surface area contributed by atoms with E-state index in [-0.39, 0.29) is 23.7 Å². The van der Waals surface area contributed by atoms with E-state index in [1.807, 2.05) is 12.1 Å². The van der Waals surface area contributed by atoms with E-state index in [0.717, 1.165) is 74.4 Å². The number of aromatic nitrogens is 1. The van der Waals surface area contributed by atoms with Crippen LogP contribution in [-0.4, -0.2) is 66.3 Å². The maximum absolute atomic E-state index is 13.4. The summed E-state index contributed by atoms with van der Waals surface area (Å²) in [7, 11) is 0. The van der Waals surface area contributed by atoms with E-state index >= 15 is 0 Å². The smallest absolute Gasteiger partial charge is 0.377 e. The molecule has 0 amide bonds. The summed E-state index contributed by atoms with van der Waals surface area (Å²) in [5.41, 5.74) is -0.724. The molecular formula is C28H31F4N5O3. The number of rotatable bonds is 8. The minimum Gasteiger partial charge on any atom is -0.377 e. The van der Waals surface area contributed by atoms with Crippen LogP contribution in [0.5, 0.6) is 0 Å². The van der Waals surface area contributed by atoms with E-state index in [0.29, 0.717) is 25.5 Å². The number of hydrogen-bond donors (Lipinski definition) is 1. The van der Waals surface area contributed by atoms with Crippen LogP contribution in [0.15, 0.2) is 48.5 Å². The fourth-order valence-corrected chi connectivity index (χ4v) is 5.39. The Morgan fingerprint density at radius 3 is 2.45 bits per heavy atom. The molecule has 0 spiro atoms. The molecule has 0 atom stereocenters. The van der Waals surface area contributed by atoms with Crippen LogP contribution in [-0.2, 0) is 10.9 Å². The first-order valence-corrected chi connectivity index (χ1v) is 13.4. The number of pyridine rings is 1. The number of nitrogens with one attached hydrogen (secondary N) is 1. The van der Waals surface area contributed by atoms with Gasteiger partial charge in [0.1, 0.15) is 17.3 Å². The highest BCUT2D eigenvalue weighted by atomic mass is 19.4. The number of nitro benzene ring substituents is 1. The molecule has 2 aliphatic rings. The lowest BCUT2D eigenvalue weighted by Crippen LogP contribution is -2.47. The fraction of sp³-hybridized carbons (Fsp3) is 0.464. The van der Waals surface area contributed by atoms with Crippen molar-refractivity contribution in [2.24, 2.45) is 0 Å². The van der Waals surface area contributed by atoms with Gasteiger partial charge in [0, 0.05) is 50.2 Å². The van der Waals surface area contributed by atoms with Crippen molar-refractivity contribution in [1.29, 1.82) is 0 Å². The van der Waals surface area contributed by atoms with E-state index < -0.39 is 22.4 Å². The van der Waals surface area contributed by atoms with E-state index in [2.05, 4.69) is 20.1 Å². The highest BCUT2D eigenvalue weighted by Crippen LogP contribution is 2.36. The molecule has 2 fully saturated rings. The Labute approximate surface area is 229 Å². The molecule has 1 aliphatic heterocycles. The van der Waals surface area contributed by atoms with E-state index in [1.165, 1.54) is 12.1 Å². The van der Waals surface area contributed by atoms with Crippen LogP contribution in [0.4, 0.5) is 34.8 Å². The predicted molar refractivity (Wildman–Crippen MR) is 144 cm³/mol. The molecule has 8 nitrogen and oxygen atoms in total. The molecule has 1 N–H and O–H groups in total. The largest absolute Gasteiger partial charge is 0.416 e. The molecule has 2 aromatic carbocycles. The zero-order valence-corrected chi connectivity index (χ0v) is 21.9. The summed E-state index contributed by atoms with van der Waals surface area (Å²) in [6.07, 6.45) is -1.56. The van der Waals surface area contributed by atoms with Crippen molar-refractivity contribution >= 4 is 28.1 Å². The number of hydrogen-bond acceptors (Lipinski definition) is 7. The summed E-state index contributed by atoms with van der Waals surface area (Å²) in [4.78, 5) is 19.8. The van der Waals surface area contributed by atoms with E-state index in [4.69, 9.17) is 4.74 Å². The number of ether oxygens (including phenoxy) is 1. The Morgan fingerprint density at radius 2 is 1.75 bits per heavy atom. The minimum absolute atomic E-state index is 0.0638. The molecule has 5 rings (SSSR count). The lowest BCUT2D eigenvalue weighted by atomic mass is 9.92. The lowest BCUT2D eigenvalue weighted by molar-refractivity contribution is -0.384. The molecule has 0 radical (unpaired) electrons. The van der Waals surface area contributed by atoms with Gasteiger partial charge in [-0.25, -0.2) is 9.37 Å². The molecule has 1 saturated carbocycles. The number of benzene rings is 2. The summed E-state index contributed by atoms with van der Waals surface area (Å²) >= 11 is 0. The second kappa shape index (κ2) is 11.9. The number of nitrogens with zero attached hydrogens (tertiary/aromatic N) is 4. The molecule has 0 unspecified atom stereocenters. The maximum Gasteiger partial charge on any atom is 0.416 e. The van der Waals surface area contributed by atoms with Gasteiger partial charge < -0.3 is 15.0 Å². The van der Waals surface area contributed by atoms with Crippen molar-refractivity contribution in [3.05, 3.63) is 70.0 Å². The van der Waals surface area contributed by atoms with Gasteiger partial charge in [0.05, 0.1) is 28.7 Å². The van der Waals surface area contributed by atoms with Crippen LogP contribution in [0.1, 0.15) is 31.2 Å². The quantitative estimate of drug-likeness (QED) is 0.209. The molecule has 40 heavy (non-hydrogen) atoms. The van der Waals surface area contributed by atoms with Crippen LogP contribution in [0.3, 0.4) is 0 Å². The zero-order chi connectivity index (χ0) is 28.3. The van der Waals surface area contributed by atoms with Crippen molar-refractivity contribution in [1.82, 2.24) is 9.88 Å². The number of nitro groups is 1. The normalized spacial score (nSPS) is 20.6. The zero-order valence-electron chi connectivity index (χ0n) is 21.9. The van der Waals surface area contributed by atoms with Gasteiger partial charge in [0.2, 0.25) is 0 Å². The van der Waals surface area contributed by atoms with Crippen LogP contribution in [0.25, 0.3) is 10.9 Å². The van der Waals surface area contributed by atoms with Gasteiger partial charge in [-0.2, -0.15) is 13.2 Å². The molecule has 2 heterocycles. The molecule has 1 aromatic heterocycles. The molecule has 0 bridgehead atoms. The monoisotopic (exact) mass is 561 g/mol. The van der Waals surface area contributed by atoms with Gasteiger partial charge in [-0.1, -0.05) is 0 Å². The molecule has 1 saturated heterocycles. The summed E-state index contributed by atoms with van der Waals surface area (Å²) in [6, 6.07) is 11.0.